The maximum atomic E-state index is 12.4. The summed E-state index contributed by atoms with van der Waals surface area (Å²) in [7, 11) is 0. The Kier molecular flexibility index (Phi) is 7.48. The molecule has 1 N–H and O–H groups in total. The van der Waals surface area contributed by atoms with E-state index in [1.54, 1.807) is 18.2 Å². The molecule has 1 amide bonds. The minimum Gasteiger partial charge on any atom is -0.491 e. The van der Waals surface area contributed by atoms with Crippen LogP contribution in [0.3, 0.4) is 0 Å². The van der Waals surface area contributed by atoms with Gasteiger partial charge < -0.3 is 14.7 Å². The van der Waals surface area contributed by atoms with E-state index in [0.29, 0.717) is 24.7 Å². The monoisotopic (exact) mass is 400 g/mol. The lowest BCUT2D eigenvalue weighted by atomic mass is 10.2. The Hall–Kier alpha value is -2.34. The number of β-amino-alcohol motifs (C(OH)–C–C–N with tert-alkyl or cyclic N) is 1. The van der Waals surface area contributed by atoms with Crippen molar-refractivity contribution in [3.05, 3.63) is 71.3 Å². The third-order valence-corrected chi connectivity index (χ3v) is 4.84. The fourth-order valence-corrected chi connectivity index (χ4v) is 3.29. The molecule has 1 aliphatic heterocycles. The van der Waals surface area contributed by atoms with Crippen LogP contribution in [0.25, 0.3) is 6.08 Å². The lowest BCUT2D eigenvalue weighted by Gasteiger charge is -2.35. The van der Waals surface area contributed by atoms with Crippen molar-refractivity contribution >= 4 is 23.6 Å². The van der Waals surface area contributed by atoms with Crippen molar-refractivity contribution in [2.45, 2.75) is 6.10 Å². The highest BCUT2D eigenvalue weighted by atomic mass is 35.5. The standard InChI is InChI=1S/C22H25ClN2O3/c23-19-6-4-5-18(15-19)9-10-22(27)25-13-11-24(12-14-25)16-20(26)17-28-21-7-2-1-3-8-21/h1-10,15,20,26H,11-14,16-17H2/b10-9+/t20-/m0/s1. The molecule has 0 saturated carbocycles. The van der Waals surface area contributed by atoms with Crippen LogP contribution in [-0.4, -0.2) is 66.2 Å². The Labute approximate surface area is 170 Å². The largest absolute Gasteiger partial charge is 0.491 e. The summed E-state index contributed by atoms with van der Waals surface area (Å²) < 4.78 is 5.59. The number of carbonyl (C=O) groups excluding carboxylic acids is 1. The molecule has 0 radical (unpaired) electrons. The van der Waals surface area contributed by atoms with Gasteiger partial charge in [-0.15, -0.1) is 0 Å². The van der Waals surface area contributed by atoms with Crippen LogP contribution in [0, 0.1) is 0 Å². The zero-order chi connectivity index (χ0) is 19.8. The van der Waals surface area contributed by atoms with Gasteiger partial charge in [0.1, 0.15) is 18.5 Å². The third-order valence-electron chi connectivity index (χ3n) is 4.61. The van der Waals surface area contributed by atoms with E-state index < -0.39 is 6.10 Å². The first kappa shape index (κ1) is 20.4. The van der Waals surface area contributed by atoms with E-state index in [1.807, 2.05) is 53.4 Å². The molecular formula is C22H25ClN2O3. The molecule has 0 aromatic heterocycles. The average molecular weight is 401 g/mol. The van der Waals surface area contributed by atoms with Crippen molar-refractivity contribution in [2.24, 2.45) is 0 Å². The zero-order valence-corrected chi connectivity index (χ0v) is 16.5. The number of para-hydroxylation sites is 1. The van der Waals surface area contributed by atoms with Crippen molar-refractivity contribution in [1.82, 2.24) is 9.80 Å². The summed E-state index contributed by atoms with van der Waals surface area (Å²) >= 11 is 5.96. The van der Waals surface area contributed by atoms with E-state index in [4.69, 9.17) is 16.3 Å². The molecule has 5 nitrogen and oxygen atoms in total. The number of amides is 1. The van der Waals surface area contributed by atoms with Crippen LogP contribution >= 0.6 is 11.6 Å². The Morgan fingerprint density at radius 2 is 1.86 bits per heavy atom. The van der Waals surface area contributed by atoms with E-state index in [9.17, 15) is 9.90 Å². The molecule has 0 bridgehead atoms. The third kappa shape index (κ3) is 6.37. The first-order chi connectivity index (χ1) is 13.6. The molecule has 1 heterocycles. The highest BCUT2D eigenvalue weighted by Gasteiger charge is 2.21. The SMILES string of the molecule is O=C(/C=C/c1cccc(Cl)c1)N1CCN(C[C@H](O)COc2ccccc2)CC1. The van der Waals surface area contributed by atoms with Crippen LogP contribution in [0.2, 0.25) is 5.02 Å². The first-order valence-electron chi connectivity index (χ1n) is 9.41. The molecule has 1 fully saturated rings. The number of halogens is 1. The van der Waals surface area contributed by atoms with Crippen LogP contribution in [0.1, 0.15) is 5.56 Å². The number of nitrogens with zero attached hydrogens (tertiary/aromatic N) is 2. The van der Waals surface area contributed by atoms with Gasteiger partial charge in [-0.25, -0.2) is 0 Å². The summed E-state index contributed by atoms with van der Waals surface area (Å²) in [6.07, 6.45) is 2.81. The number of piperazine rings is 1. The van der Waals surface area contributed by atoms with Crippen molar-refractivity contribution in [3.8, 4) is 5.75 Å². The van der Waals surface area contributed by atoms with Gasteiger partial charge in [0.2, 0.25) is 5.91 Å². The van der Waals surface area contributed by atoms with Gasteiger partial charge in [-0.3, -0.25) is 9.69 Å². The molecule has 1 saturated heterocycles. The van der Waals surface area contributed by atoms with Crippen LogP contribution in [0.15, 0.2) is 60.7 Å². The predicted molar refractivity (Wildman–Crippen MR) is 111 cm³/mol. The molecule has 6 heteroatoms. The molecular weight excluding hydrogens is 376 g/mol. The van der Waals surface area contributed by atoms with Crippen molar-refractivity contribution in [1.29, 1.82) is 0 Å². The molecule has 1 atom stereocenters. The predicted octanol–water partition coefficient (Wildman–Crippen LogP) is 2.94. The Morgan fingerprint density at radius 3 is 2.57 bits per heavy atom. The Morgan fingerprint density at radius 1 is 1.11 bits per heavy atom. The van der Waals surface area contributed by atoms with E-state index >= 15 is 0 Å². The van der Waals surface area contributed by atoms with Crippen LogP contribution in [0.5, 0.6) is 5.75 Å². The maximum Gasteiger partial charge on any atom is 0.246 e. The normalized spacial score (nSPS) is 16.3. The lowest BCUT2D eigenvalue weighted by Crippen LogP contribution is -2.50. The molecule has 1 aliphatic rings. The average Bonchev–Trinajstić information content (AvgIpc) is 2.72. The fraction of sp³-hybridized carbons (Fsp3) is 0.318. The van der Waals surface area contributed by atoms with Gasteiger partial charge in [0.15, 0.2) is 0 Å². The number of aliphatic hydroxyl groups is 1. The second kappa shape index (κ2) is 10.3. The number of hydrogen-bond acceptors (Lipinski definition) is 4. The van der Waals surface area contributed by atoms with Crippen molar-refractivity contribution in [3.63, 3.8) is 0 Å². The van der Waals surface area contributed by atoms with Crippen LogP contribution in [-0.2, 0) is 4.79 Å². The van der Waals surface area contributed by atoms with Crippen LogP contribution < -0.4 is 4.74 Å². The van der Waals surface area contributed by atoms with Gasteiger partial charge in [0, 0.05) is 43.8 Å². The minimum absolute atomic E-state index is 0.00687. The number of aliphatic hydroxyl groups excluding tert-OH is 1. The van der Waals surface area contributed by atoms with Crippen LogP contribution in [0.4, 0.5) is 0 Å². The Balaban J connectivity index is 1.39. The number of rotatable bonds is 7. The van der Waals surface area contributed by atoms with E-state index in [2.05, 4.69) is 4.90 Å². The summed E-state index contributed by atoms with van der Waals surface area (Å²) in [4.78, 5) is 16.3. The second-order valence-electron chi connectivity index (χ2n) is 6.79. The molecule has 2 aromatic carbocycles. The van der Waals surface area contributed by atoms with E-state index in [0.717, 1.165) is 24.4 Å². The minimum atomic E-state index is -0.565. The molecule has 28 heavy (non-hydrogen) atoms. The quantitative estimate of drug-likeness (QED) is 0.726. The second-order valence-corrected chi connectivity index (χ2v) is 7.23. The summed E-state index contributed by atoms with van der Waals surface area (Å²) in [6.45, 7) is 3.55. The molecule has 3 rings (SSSR count). The highest BCUT2D eigenvalue weighted by Crippen LogP contribution is 2.13. The Bertz CT molecular complexity index is 789. The summed E-state index contributed by atoms with van der Waals surface area (Å²) in [6, 6.07) is 16.9. The number of carbonyl (C=O) groups is 1. The van der Waals surface area contributed by atoms with E-state index in [1.165, 1.54) is 0 Å². The van der Waals surface area contributed by atoms with Gasteiger partial charge in [-0.1, -0.05) is 41.9 Å². The highest BCUT2D eigenvalue weighted by molar-refractivity contribution is 6.30. The number of hydrogen-bond donors (Lipinski definition) is 1. The van der Waals surface area contributed by atoms with E-state index in [-0.39, 0.29) is 12.5 Å². The molecule has 148 valence electrons. The number of ether oxygens (including phenoxy) is 1. The lowest BCUT2D eigenvalue weighted by molar-refractivity contribution is -0.127. The van der Waals surface area contributed by atoms with Gasteiger partial charge in [-0.05, 0) is 35.9 Å². The molecule has 2 aromatic rings. The molecule has 0 aliphatic carbocycles. The zero-order valence-electron chi connectivity index (χ0n) is 15.7. The molecule has 0 unspecified atom stereocenters. The van der Waals surface area contributed by atoms with Crippen molar-refractivity contribution in [2.75, 3.05) is 39.3 Å². The first-order valence-corrected chi connectivity index (χ1v) is 9.79. The maximum absolute atomic E-state index is 12.4. The van der Waals surface area contributed by atoms with Gasteiger partial charge >= 0.3 is 0 Å². The summed E-state index contributed by atoms with van der Waals surface area (Å²) in [5, 5.41) is 10.9. The number of benzene rings is 2. The fourth-order valence-electron chi connectivity index (χ4n) is 3.09. The van der Waals surface area contributed by atoms with Gasteiger partial charge in [-0.2, -0.15) is 0 Å². The smallest absolute Gasteiger partial charge is 0.246 e. The molecule has 0 spiro atoms. The topological polar surface area (TPSA) is 53.0 Å². The summed E-state index contributed by atoms with van der Waals surface area (Å²) in [5.41, 5.74) is 0.904. The van der Waals surface area contributed by atoms with Gasteiger partial charge in [0.25, 0.3) is 0 Å². The summed E-state index contributed by atoms with van der Waals surface area (Å²) in [5.74, 6) is 0.746. The van der Waals surface area contributed by atoms with Crippen molar-refractivity contribution < 1.29 is 14.6 Å². The van der Waals surface area contributed by atoms with Gasteiger partial charge in [0.05, 0.1) is 0 Å².